The van der Waals surface area contributed by atoms with E-state index in [1.165, 1.54) is 0 Å². The van der Waals surface area contributed by atoms with Crippen LogP contribution in [-0.4, -0.2) is 33.8 Å². The Morgan fingerprint density at radius 1 is 1.04 bits per heavy atom. The molecule has 26 heavy (non-hydrogen) atoms. The fourth-order valence-corrected chi connectivity index (χ4v) is 3.19. The van der Waals surface area contributed by atoms with Crippen LogP contribution >= 0.6 is 0 Å². The van der Waals surface area contributed by atoms with Gasteiger partial charge < -0.3 is 4.74 Å². The van der Waals surface area contributed by atoms with E-state index in [-0.39, 0.29) is 13.0 Å². The van der Waals surface area contributed by atoms with E-state index in [9.17, 15) is 22.2 Å². The summed E-state index contributed by atoms with van der Waals surface area (Å²) in [7, 11) is -1.95. The van der Waals surface area contributed by atoms with Crippen LogP contribution in [0.3, 0.4) is 0 Å². The van der Waals surface area contributed by atoms with Crippen LogP contribution in [0.15, 0.2) is 0 Å². The standard InChI is InChI=1S/C18H34F3NO3S/c1-6-8-10-11-12-14(16(23)25-13-9-7-2)15(18(19,20)21)22-26(24)17(3,4)5/h14-15,22H,6-13H2,1-5H3/t14-,15-,26-/m1/s1. The Morgan fingerprint density at radius 2 is 1.62 bits per heavy atom. The lowest BCUT2D eigenvalue weighted by Gasteiger charge is -2.30. The van der Waals surface area contributed by atoms with Gasteiger partial charge in [0.1, 0.15) is 6.04 Å². The molecule has 0 unspecified atom stereocenters. The van der Waals surface area contributed by atoms with Crippen molar-refractivity contribution in [1.82, 2.24) is 4.72 Å². The second-order valence-corrected chi connectivity index (χ2v) is 9.49. The highest BCUT2D eigenvalue weighted by molar-refractivity contribution is 7.84. The van der Waals surface area contributed by atoms with Gasteiger partial charge in [-0.2, -0.15) is 13.2 Å². The van der Waals surface area contributed by atoms with Crippen LogP contribution in [0.25, 0.3) is 0 Å². The third-order valence-electron chi connectivity index (χ3n) is 3.96. The van der Waals surface area contributed by atoms with Gasteiger partial charge in [-0.3, -0.25) is 4.79 Å². The number of ether oxygens (including phenoxy) is 1. The molecule has 0 amide bonds. The lowest BCUT2D eigenvalue weighted by molar-refractivity contribution is -0.179. The van der Waals surface area contributed by atoms with Crippen LogP contribution in [0.4, 0.5) is 13.2 Å². The molecule has 0 rings (SSSR count). The first-order valence-electron chi connectivity index (χ1n) is 9.36. The van der Waals surface area contributed by atoms with Crippen LogP contribution in [0.1, 0.15) is 79.6 Å². The van der Waals surface area contributed by atoms with Crippen molar-refractivity contribution in [3.05, 3.63) is 0 Å². The third kappa shape index (κ3) is 9.90. The van der Waals surface area contributed by atoms with E-state index in [1.54, 1.807) is 20.8 Å². The van der Waals surface area contributed by atoms with Gasteiger partial charge in [-0.05, 0) is 33.6 Å². The third-order valence-corrected chi connectivity index (χ3v) is 5.54. The average molecular weight is 402 g/mol. The first-order chi connectivity index (χ1) is 11.9. The van der Waals surface area contributed by atoms with Gasteiger partial charge in [-0.1, -0.05) is 46.0 Å². The molecule has 1 N–H and O–H groups in total. The molecule has 0 bridgehead atoms. The summed E-state index contributed by atoms with van der Waals surface area (Å²) in [4.78, 5) is 12.3. The van der Waals surface area contributed by atoms with E-state index in [0.717, 1.165) is 25.7 Å². The number of unbranched alkanes of at least 4 members (excludes halogenated alkanes) is 4. The fraction of sp³-hybridized carbons (Fsp3) is 0.944. The van der Waals surface area contributed by atoms with Crippen molar-refractivity contribution in [2.75, 3.05) is 6.61 Å². The van der Waals surface area contributed by atoms with E-state index < -0.39 is 39.8 Å². The summed E-state index contributed by atoms with van der Waals surface area (Å²) in [5, 5.41) is 0. The Hall–Kier alpha value is -0.630. The van der Waals surface area contributed by atoms with Crippen LogP contribution in [0.5, 0.6) is 0 Å². The molecule has 0 fully saturated rings. The number of halogens is 3. The second-order valence-electron chi connectivity index (χ2n) is 7.50. The summed E-state index contributed by atoms with van der Waals surface area (Å²) < 4.78 is 59.5. The number of alkyl halides is 3. The minimum absolute atomic E-state index is 0.0590. The number of hydrogen-bond donors (Lipinski definition) is 1. The summed E-state index contributed by atoms with van der Waals surface area (Å²) >= 11 is 0. The fourth-order valence-electron chi connectivity index (χ4n) is 2.30. The molecule has 0 aromatic carbocycles. The molecule has 3 atom stereocenters. The molecule has 4 nitrogen and oxygen atoms in total. The molecule has 0 aliphatic heterocycles. The number of carbonyl (C=O) groups excluding carboxylic acids is 1. The molecule has 0 saturated heterocycles. The minimum Gasteiger partial charge on any atom is -0.465 e. The van der Waals surface area contributed by atoms with Gasteiger partial charge in [-0.15, -0.1) is 0 Å². The zero-order valence-corrected chi connectivity index (χ0v) is 17.4. The van der Waals surface area contributed by atoms with Crippen LogP contribution in [0.2, 0.25) is 0 Å². The van der Waals surface area contributed by atoms with E-state index in [4.69, 9.17) is 4.74 Å². The summed E-state index contributed by atoms with van der Waals surface area (Å²) in [6, 6.07) is -2.18. The van der Waals surface area contributed by atoms with Gasteiger partial charge in [-0.25, -0.2) is 8.93 Å². The zero-order valence-electron chi connectivity index (χ0n) is 16.6. The Bertz CT molecular complexity index is 436. The number of nitrogens with one attached hydrogen (secondary N) is 1. The lowest BCUT2D eigenvalue weighted by Crippen LogP contribution is -2.53. The van der Waals surface area contributed by atoms with E-state index in [0.29, 0.717) is 12.8 Å². The van der Waals surface area contributed by atoms with Crippen molar-refractivity contribution in [2.45, 2.75) is 96.5 Å². The largest absolute Gasteiger partial charge is 0.465 e. The van der Waals surface area contributed by atoms with E-state index in [2.05, 4.69) is 4.72 Å². The van der Waals surface area contributed by atoms with Gasteiger partial charge in [0.05, 0.1) is 28.3 Å². The Morgan fingerprint density at radius 3 is 2.08 bits per heavy atom. The maximum Gasteiger partial charge on any atom is 0.405 e. The molecule has 0 aromatic rings. The highest BCUT2D eigenvalue weighted by Crippen LogP contribution is 2.31. The van der Waals surface area contributed by atoms with Crippen molar-refractivity contribution >= 4 is 17.0 Å². The first kappa shape index (κ1) is 25.4. The number of rotatable bonds is 12. The van der Waals surface area contributed by atoms with Gasteiger partial charge in [0.25, 0.3) is 0 Å². The SMILES string of the molecule is CCCCCC[C@@H](C(=O)OCCCC)[C@@H](N[S@](=O)C(C)(C)C)C(F)(F)F. The zero-order chi connectivity index (χ0) is 20.4. The van der Waals surface area contributed by atoms with Crippen molar-refractivity contribution < 1.29 is 26.9 Å². The molecule has 0 radical (unpaired) electrons. The molecule has 0 aromatic heterocycles. The highest BCUT2D eigenvalue weighted by Gasteiger charge is 2.49. The predicted octanol–water partition coefficient (Wildman–Crippen LogP) is 4.90. The summed E-state index contributed by atoms with van der Waals surface area (Å²) in [6.45, 7) is 8.76. The monoisotopic (exact) mass is 401 g/mol. The molecule has 0 spiro atoms. The summed E-state index contributed by atoms with van der Waals surface area (Å²) in [6.07, 6.45) is -0.157. The van der Waals surface area contributed by atoms with E-state index in [1.807, 2.05) is 13.8 Å². The van der Waals surface area contributed by atoms with Crippen molar-refractivity contribution in [3.8, 4) is 0 Å². The smallest absolute Gasteiger partial charge is 0.405 e. The molecule has 156 valence electrons. The van der Waals surface area contributed by atoms with Crippen molar-refractivity contribution in [2.24, 2.45) is 5.92 Å². The first-order valence-corrected chi connectivity index (χ1v) is 10.5. The van der Waals surface area contributed by atoms with Gasteiger partial charge >= 0.3 is 12.1 Å². The second kappa shape index (κ2) is 12.0. The quantitative estimate of drug-likeness (QED) is 0.374. The van der Waals surface area contributed by atoms with Crippen LogP contribution < -0.4 is 4.72 Å². The number of hydrogen-bond acceptors (Lipinski definition) is 3. The maximum absolute atomic E-state index is 13.6. The molecular formula is C18H34F3NO3S. The lowest BCUT2D eigenvalue weighted by atomic mass is 9.93. The molecule has 0 aliphatic rings. The van der Waals surface area contributed by atoms with Crippen molar-refractivity contribution in [1.29, 1.82) is 0 Å². The Kier molecular flexibility index (Phi) is 11.7. The maximum atomic E-state index is 13.6. The van der Waals surface area contributed by atoms with Gasteiger partial charge in [0.2, 0.25) is 0 Å². The molecular weight excluding hydrogens is 367 g/mol. The molecule has 0 aliphatic carbocycles. The predicted molar refractivity (Wildman–Crippen MR) is 99.0 cm³/mol. The Labute approximate surface area is 158 Å². The molecule has 0 heterocycles. The molecule has 0 saturated carbocycles. The van der Waals surface area contributed by atoms with Crippen LogP contribution in [-0.2, 0) is 20.5 Å². The Balaban J connectivity index is 5.34. The normalized spacial score (nSPS) is 16.2. The molecule has 8 heteroatoms. The highest BCUT2D eigenvalue weighted by atomic mass is 32.2. The van der Waals surface area contributed by atoms with E-state index >= 15 is 0 Å². The number of carbonyl (C=O) groups is 1. The topological polar surface area (TPSA) is 55.4 Å². The minimum atomic E-state index is -4.69. The summed E-state index contributed by atoms with van der Waals surface area (Å²) in [5.41, 5.74) is 0. The average Bonchev–Trinajstić information content (AvgIpc) is 2.51. The van der Waals surface area contributed by atoms with Crippen molar-refractivity contribution in [3.63, 3.8) is 0 Å². The number of esters is 1. The summed E-state index contributed by atoms with van der Waals surface area (Å²) in [5.74, 6) is -2.26. The van der Waals surface area contributed by atoms with Gasteiger partial charge in [0.15, 0.2) is 0 Å². The van der Waals surface area contributed by atoms with Gasteiger partial charge in [0, 0.05) is 0 Å². The van der Waals surface area contributed by atoms with Crippen LogP contribution in [0, 0.1) is 5.92 Å².